The van der Waals surface area contributed by atoms with Crippen LogP contribution >= 0.6 is 0 Å². The number of allylic oxidation sites excluding steroid dienone is 1. The van der Waals surface area contributed by atoms with Crippen LogP contribution in [0.15, 0.2) is 60.7 Å². The third-order valence-electron chi connectivity index (χ3n) is 10.3. The number of carboxylic acid groups (broad SMARTS) is 1. The fourth-order valence-electron chi connectivity index (χ4n) is 7.29. The summed E-state index contributed by atoms with van der Waals surface area (Å²) in [4.78, 5) is 50.8. The number of imide groups is 1. The third kappa shape index (κ3) is 8.78. The number of hydroxylamine groups is 2. The predicted octanol–water partition coefficient (Wildman–Crippen LogP) is 2.82. The van der Waals surface area contributed by atoms with Crippen molar-refractivity contribution >= 4 is 66.9 Å². The van der Waals surface area contributed by atoms with Crippen LogP contribution < -0.4 is 24.8 Å². The molecule has 3 aromatic rings. The van der Waals surface area contributed by atoms with E-state index in [0.717, 1.165) is 29.3 Å². The molecule has 7 rings (SSSR count). The summed E-state index contributed by atoms with van der Waals surface area (Å²) in [5.74, 6) is -2.18. The number of fused-ring (bicyclic) bond motifs is 4. The largest absolute Gasteiger partial charge is 0.748 e. The number of hydrogen-bond donors (Lipinski definition) is 1. The third-order valence-corrected chi connectivity index (χ3v) is 10.9. The minimum Gasteiger partial charge on any atom is -0.748 e. The Morgan fingerprint density at radius 2 is 1.53 bits per heavy atom. The number of hydrogen-bond acceptors (Lipinski definition) is 13. The van der Waals surface area contributed by atoms with Crippen LogP contribution in [-0.4, -0.2) is 90.4 Å². The van der Waals surface area contributed by atoms with E-state index in [9.17, 15) is 37.3 Å². The molecule has 306 valence electrons. The normalized spacial score (nSPS) is 17.1. The minimum atomic E-state index is -4.58. The molecule has 4 aliphatic rings. The quantitative estimate of drug-likeness (QED) is 0.173. The molecule has 1 fully saturated rings. The Bertz CT molecular complexity index is 2710. The number of carboxylic acids is 1. The molecule has 4 aliphatic heterocycles. The second-order valence-electron chi connectivity index (χ2n) is 15.1. The smallest absolute Gasteiger partial charge is 0.425 e. The molecule has 0 aromatic heterocycles. The molecule has 4 heterocycles. The van der Waals surface area contributed by atoms with Crippen molar-refractivity contribution in [1.29, 1.82) is 0 Å². The number of carbonyl (C=O) groups is 4. The topological polar surface area (TPSA) is 225 Å². The van der Waals surface area contributed by atoms with Crippen LogP contribution in [0.2, 0.25) is 0 Å². The van der Waals surface area contributed by atoms with E-state index in [0.29, 0.717) is 49.4 Å². The van der Waals surface area contributed by atoms with Crippen molar-refractivity contribution in [3.63, 3.8) is 0 Å². The molecular formula is C40H41N3O13S2. The fraction of sp³-hybridized carbons (Fsp3) is 0.325. The van der Waals surface area contributed by atoms with Gasteiger partial charge in [0.15, 0.2) is 5.54 Å². The fourth-order valence-corrected chi connectivity index (χ4v) is 7.91. The highest BCUT2D eigenvalue weighted by molar-refractivity contribution is 7.86. The van der Waals surface area contributed by atoms with Gasteiger partial charge in [-0.2, -0.15) is 0 Å². The van der Waals surface area contributed by atoms with Crippen LogP contribution in [0.25, 0.3) is 16.7 Å². The number of ether oxygens (including phenoxy) is 1. The zero-order chi connectivity index (χ0) is 43.2. The molecule has 0 spiro atoms. The summed E-state index contributed by atoms with van der Waals surface area (Å²) in [7, 11) is -3.74. The van der Waals surface area contributed by atoms with E-state index in [2.05, 4.69) is 36.6 Å². The lowest BCUT2D eigenvalue weighted by molar-refractivity contribution is -0.195. The highest BCUT2D eigenvalue weighted by Gasteiger charge is 2.36. The Kier molecular flexibility index (Phi) is 11.7. The monoisotopic (exact) mass is 835 g/mol. The van der Waals surface area contributed by atoms with Gasteiger partial charge in [0, 0.05) is 74.3 Å². The molecule has 2 amide bonds. The summed E-state index contributed by atoms with van der Waals surface area (Å²) < 4.78 is 69.9. The van der Waals surface area contributed by atoms with Crippen LogP contribution in [0.5, 0.6) is 11.5 Å². The van der Waals surface area contributed by atoms with E-state index in [-0.39, 0.29) is 23.9 Å². The second-order valence-corrected chi connectivity index (χ2v) is 16.9. The Morgan fingerprint density at radius 3 is 2.10 bits per heavy atom. The van der Waals surface area contributed by atoms with Gasteiger partial charge in [0.2, 0.25) is 5.36 Å². The van der Waals surface area contributed by atoms with Gasteiger partial charge in [-0.3, -0.25) is 9.59 Å². The molecule has 0 radical (unpaired) electrons. The van der Waals surface area contributed by atoms with Gasteiger partial charge in [-0.1, -0.05) is 24.3 Å². The summed E-state index contributed by atoms with van der Waals surface area (Å²) in [5.41, 5.74) is 5.34. The average molecular weight is 836 g/mol. The van der Waals surface area contributed by atoms with E-state index < -0.39 is 55.8 Å². The van der Waals surface area contributed by atoms with Crippen LogP contribution in [-0.2, 0) is 39.9 Å². The highest BCUT2D eigenvalue weighted by Crippen LogP contribution is 2.46. The maximum Gasteiger partial charge on any atom is 0.425 e. The highest BCUT2D eigenvalue weighted by atomic mass is 32.2. The van der Waals surface area contributed by atoms with E-state index >= 15 is 0 Å². The lowest BCUT2D eigenvalue weighted by Gasteiger charge is -2.41. The number of likely N-dealkylation sites (N-methyl/N-ethyl adjacent to an activating group) is 2. The number of carbonyl (C=O) groups excluding carboxylic acids is 3. The molecule has 0 aliphatic carbocycles. The van der Waals surface area contributed by atoms with Gasteiger partial charge in [-0.15, -0.1) is 17.7 Å². The van der Waals surface area contributed by atoms with Crippen molar-refractivity contribution in [2.45, 2.75) is 65.5 Å². The van der Waals surface area contributed by atoms with Crippen molar-refractivity contribution < 1.29 is 59.5 Å². The predicted molar refractivity (Wildman–Crippen MR) is 210 cm³/mol. The Labute approximate surface area is 335 Å². The van der Waals surface area contributed by atoms with Crippen molar-refractivity contribution in [2.24, 2.45) is 0 Å². The first-order valence-corrected chi connectivity index (χ1v) is 20.3. The molecule has 58 heavy (non-hydrogen) atoms. The molecule has 1 N–H and O–H groups in total. The van der Waals surface area contributed by atoms with Crippen LogP contribution in [0, 0.1) is 0 Å². The summed E-state index contributed by atoms with van der Waals surface area (Å²) in [5, 5.41) is 12.0. The molecule has 3 aromatic carbocycles. The van der Waals surface area contributed by atoms with Gasteiger partial charge in [-0.25, -0.2) is 22.6 Å². The van der Waals surface area contributed by atoms with Crippen molar-refractivity contribution in [1.82, 2.24) is 9.64 Å². The molecule has 0 saturated carbocycles. The molecule has 18 heteroatoms. The molecule has 0 unspecified atom stereocenters. The number of anilines is 1. The van der Waals surface area contributed by atoms with Crippen LogP contribution in [0.4, 0.5) is 5.69 Å². The first-order chi connectivity index (χ1) is 26.8. The second kappa shape index (κ2) is 15.8. The van der Waals surface area contributed by atoms with Gasteiger partial charge in [0.1, 0.15) is 18.5 Å². The number of benzene rings is 3. The minimum absolute atomic E-state index is 0.131. The van der Waals surface area contributed by atoms with Gasteiger partial charge in [-0.05, 0) is 61.8 Å². The van der Waals surface area contributed by atoms with Gasteiger partial charge in [0.25, 0.3) is 11.8 Å². The van der Waals surface area contributed by atoms with Crippen molar-refractivity contribution in [3.8, 4) is 11.5 Å². The van der Waals surface area contributed by atoms with Crippen molar-refractivity contribution in [3.05, 3.63) is 99.1 Å². The van der Waals surface area contributed by atoms with E-state index in [4.69, 9.17) is 17.4 Å². The van der Waals surface area contributed by atoms with E-state index in [1.807, 2.05) is 62.9 Å². The molecular weight excluding hydrogens is 795 g/mol. The zero-order valence-corrected chi connectivity index (χ0v) is 34.5. The van der Waals surface area contributed by atoms with E-state index in [1.54, 1.807) is 24.3 Å². The SMILES string of the molecule is CC(=O)ON1C(=O)CCC1=O.CC1=CC(C)(C)N(C)c2cc3c(cc21)C(c1ccccc1C(=O)O)=c1cc2c(cc1O3)=[N+](C)C(C)(C)C=C2CS(=O)(=O)[O-].O=S(=O)=O. The Morgan fingerprint density at radius 1 is 0.931 bits per heavy atom. The van der Waals surface area contributed by atoms with Crippen molar-refractivity contribution in [2.75, 3.05) is 24.7 Å². The molecule has 16 nitrogen and oxygen atoms in total. The average Bonchev–Trinajstić information content (AvgIpc) is 3.41. The number of nitrogens with zero attached hydrogens (tertiary/aromatic N) is 3. The molecule has 0 bridgehead atoms. The first-order valence-electron chi connectivity index (χ1n) is 17.7. The van der Waals surface area contributed by atoms with E-state index in [1.165, 1.54) is 0 Å². The van der Waals surface area contributed by atoms with Gasteiger partial charge >= 0.3 is 22.5 Å². The Balaban J connectivity index is 0.000000361. The summed E-state index contributed by atoms with van der Waals surface area (Å²) in [6.07, 6.45) is 4.28. The summed E-state index contributed by atoms with van der Waals surface area (Å²) in [6, 6.07) is 14.6. The first kappa shape index (κ1) is 43.1. The van der Waals surface area contributed by atoms with Gasteiger partial charge < -0.3 is 24.1 Å². The van der Waals surface area contributed by atoms with Crippen LogP contribution in [0.3, 0.4) is 0 Å². The number of aromatic carboxylic acids is 1. The van der Waals surface area contributed by atoms with Gasteiger partial charge in [0.05, 0.1) is 38.6 Å². The van der Waals surface area contributed by atoms with Crippen LogP contribution in [0.1, 0.15) is 87.0 Å². The number of amides is 2. The maximum atomic E-state index is 12.5. The molecule has 1 saturated heterocycles. The lowest BCUT2D eigenvalue weighted by Crippen LogP contribution is -2.47. The molecule has 0 atom stereocenters. The maximum absolute atomic E-state index is 12.5. The summed E-state index contributed by atoms with van der Waals surface area (Å²) >= 11 is 0. The lowest BCUT2D eigenvalue weighted by atomic mass is 9.83. The number of rotatable bonds is 5. The zero-order valence-electron chi connectivity index (χ0n) is 32.9. The Hall–Kier alpha value is -5.98. The standard InChI is InChI=1S/C34H34N2O6S.C6H7NO4.O3S/c1-19-16-33(2,3)35(6)27-14-29-25(12-23(19)27)31(21-10-8-9-11-22(21)32(37)38)26-13-24-20(18-43(39,40)41)17-34(4,5)36(7)28(24)15-30(26)42-29;1-4(8)11-7-5(9)2-3-6(7)10;1-4(2)3/h8-17H,18H2,1-7H3,(H-,37,38,39,40,41);2-3H2,1H3;. The summed E-state index contributed by atoms with van der Waals surface area (Å²) in [6.45, 7) is 11.4.